The van der Waals surface area contributed by atoms with Gasteiger partial charge < -0.3 is 24.4 Å². The van der Waals surface area contributed by atoms with Gasteiger partial charge in [0.1, 0.15) is 5.60 Å². The maximum atomic E-state index is 12.4. The van der Waals surface area contributed by atoms with Gasteiger partial charge in [-0.25, -0.2) is 19.3 Å². The number of aromatic nitrogens is 4. The van der Waals surface area contributed by atoms with Crippen molar-refractivity contribution in [3.8, 4) is 17.1 Å². The molecule has 0 saturated carbocycles. The first-order chi connectivity index (χ1) is 17.6. The van der Waals surface area contributed by atoms with Crippen LogP contribution in [0.4, 0.5) is 9.93 Å². The van der Waals surface area contributed by atoms with Crippen LogP contribution in [0.5, 0.6) is 5.88 Å². The largest absolute Gasteiger partial charge is 0.477 e. The highest BCUT2D eigenvalue weighted by atomic mass is 32.1. The normalized spacial score (nSPS) is 21.9. The van der Waals surface area contributed by atoms with E-state index in [4.69, 9.17) is 24.3 Å². The molecule has 0 radical (unpaired) electrons. The number of rotatable bonds is 6. The van der Waals surface area contributed by atoms with Crippen LogP contribution in [-0.2, 0) is 9.47 Å². The molecular weight excluding hydrogens is 492 g/mol. The van der Waals surface area contributed by atoms with Crippen molar-refractivity contribution in [2.75, 3.05) is 31.2 Å². The molecule has 2 fully saturated rings. The van der Waals surface area contributed by atoms with E-state index in [2.05, 4.69) is 29.0 Å². The van der Waals surface area contributed by atoms with Crippen LogP contribution in [0, 0.1) is 5.92 Å². The van der Waals surface area contributed by atoms with E-state index in [1.165, 1.54) is 0 Å². The molecular formula is C26H36N6O4S. The van der Waals surface area contributed by atoms with Crippen molar-refractivity contribution < 1.29 is 19.0 Å². The molecule has 3 aromatic heterocycles. The molecule has 2 aliphatic heterocycles. The standard InChI is InChI=1S/C26H36N6O4S/c1-7-34-22-16(8-9-18(28-22)15(2)3)20-12-27-23-32(20)30-24(37-23)31-13-17-19(10-11-35-21(17)14-31)29-25(33)36-26(4,5)6/h8-9,12,15,17,19,21H,7,10-11,13-14H2,1-6H3,(H,29,33)/t17-,19+,21-/m1/s1. The van der Waals surface area contributed by atoms with Crippen molar-refractivity contribution in [1.82, 2.24) is 24.9 Å². The van der Waals surface area contributed by atoms with E-state index in [0.29, 0.717) is 25.0 Å². The van der Waals surface area contributed by atoms with E-state index in [1.54, 1.807) is 11.3 Å². The van der Waals surface area contributed by atoms with Gasteiger partial charge in [-0.3, -0.25) is 0 Å². The summed E-state index contributed by atoms with van der Waals surface area (Å²) in [5.74, 6) is 1.06. The van der Waals surface area contributed by atoms with Crippen LogP contribution in [-0.4, -0.2) is 69.7 Å². The second-order valence-corrected chi connectivity index (χ2v) is 11.9. The molecule has 1 amide bonds. The molecule has 37 heavy (non-hydrogen) atoms. The summed E-state index contributed by atoms with van der Waals surface area (Å²) >= 11 is 1.54. The number of nitrogens with zero attached hydrogens (tertiary/aromatic N) is 5. The Morgan fingerprint density at radius 1 is 1.30 bits per heavy atom. The predicted molar refractivity (Wildman–Crippen MR) is 143 cm³/mol. The summed E-state index contributed by atoms with van der Waals surface area (Å²) in [5.41, 5.74) is 2.18. The van der Waals surface area contributed by atoms with E-state index < -0.39 is 5.60 Å². The van der Waals surface area contributed by atoms with Crippen LogP contribution >= 0.6 is 11.3 Å². The average Bonchev–Trinajstić information content (AvgIpc) is 3.52. The topological polar surface area (TPSA) is 103 Å². The quantitative estimate of drug-likeness (QED) is 0.499. The number of carbonyl (C=O) groups is 1. The molecule has 0 spiro atoms. The van der Waals surface area contributed by atoms with Gasteiger partial charge in [0.2, 0.25) is 16.0 Å². The fourth-order valence-corrected chi connectivity index (χ4v) is 5.82. The molecule has 11 heteroatoms. The molecule has 200 valence electrons. The monoisotopic (exact) mass is 528 g/mol. The van der Waals surface area contributed by atoms with Gasteiger partial charge in [-0.15, -0.1) is 5.10 Å². The molecule has 1 N–H and O–H groups in total. The Balaban J connectivity index is 1.37. The summed E-state index contributed by atoms with van der Waals surface area (Å²) < 4.78 is 19.3. The Labute approximate surface area is 221 Å². The van der Waals surface area contributed by atoms with Gasteiger partial charge >= 0.3 is 6.09 Å². The van der Waals surface area contributed by atoms with Gasteiger partial charge in [-0.2, -0.15) is 0 Å². The fourth-order valence-electron chi connectivity index (χ4n) is 4.93. The Hall–Kier alpha value is -2.92. The second kappa shape index (κ2) is 10.1. The van der Waals surface area contributed by atoms with E-state index in [1.807, 2.05) is 50.5 Å². The number of ether oxygens (including phenoxy) is 3. The smallest absolute Gasteiger partial charge is 0.407 e. The first kappa shape index (κ1) is 25.7. The van der Waals surface area contributed by atoms with E-state index in [-0.39, 0.29) is 24.2 Å². The summed E-state index contributed by atoms with van der Waals surface area (Å²) in [5, 5.41) is 8.89. The lowest BCUT2D eigenvalue weighted by molar-refractivity contribution is -0.0200. The zero-order valence-corrected chi connectivity index (χ0v) is 23.2. The Bertz CT molecular complexity index is 1270. The number of fused-ring (bicyclic) bond motifs is 2. The van der Waals surface area contributed by atoms with Gasteiger partial charge in [0.15, 0.2) is 0 Å². The second-order valence-electron chi connectivity index (χ2n) is 10.9. The zero-order valence-electron chi connectivity index (χ0n) is 22.4. The Kier molecular flexibility index (Phi) is 7.01. The van der Waals surface area contributed by atoms with Crippen molar-refractivity contribution in [3.63, 3.8) is 0 Å². The number of alkyl carbamates (subject to hydrolysis) is 1. The lowest BCUT2D eigenvalue weighted by Crippen LogP contribution is -2.50. The lowest BCUT2D eigenvalue weighted by atomic mass is 9.92. The van der Waals surface area contributed by atoms with Crippen LogP contribution in [0.25, 0.3) is 16.2 Å². The highest BCUT2D eigenvalue weighted by Gasteiger charge is 2.43. The highest BCUT2D eigenvalue weighted by molar-refractivity contribution is 7.20. The molecule has 5 rings (SSSR count). The number of pyridine rings is 1. The van der Waals surface area contributed by atoms with Gasteiger partial charge in [0.05, 0.1) is 30.2 Å². The number of imidazole rings is 1. The highest BCUT2D eigenvalue weighted by Crippen LogP contribution is 2.37. The number of carbonyl (C=O) groups excluding carboxylic acids is 1. The minimum atomic E-state index is -0.531. The van der Waals surface area contributed by atoms with Crippen LogP contribution < -0.4 is 15.0 Å². The summed E-state index contributed by atoms with van der Waals surface area (Å²) in [6, 6.07) is 4.08. The van der Waals surface area contributed by atoms with E-state index in [9.17, 15) is 4.79 Å². The van der Waals surface area contributed by atoms with Crippen LogP contribution in [0.3, 0.4) is 0 Å². The van der Waals surface area contributed by atoms with Crippen molar-refractivity contribution in [2.45, 2.75) is 71.6 Å². The third-order valence-corrected chi connectivity index (χ3v) is 7.65. The Morgan fingerprint density at radius 2 is 2.11 bits per heavy atom. The minimum Gasteiger partial charge on any atom is -0.477 e. The van der Waals surface area contributed by atoms with Crippen LogP contribution in [0.1, 0.15) is 59.6 Å². The first-order valence-corrected chi connectivity index (χ1v) is 13.8. The van der Waals surface area contributed by atoms with Gasteiger partial charge in [0.25, 0.3) is 0 Å². The number of hydrogen-bond donors (Lipinski definition) is 1. The van der Waals surface area contributed by atoms with Crippen molar-refractivity contribution in [1.29, 1.82) is 0 Å². The number of anilines is 1. The van der Waals surface area contributed by atoms with Crippen molar-refractivity contribution >= 4 is 27.5 Å². The molecule has 2 aliphatic rings. The summed E-state index contributed by atoms with van der Waals surface area (Å²) in [4.78, 5) is 24.8. The zero-order chi connectivity index (χ0) is 26.3. The van der Waals surface area contributed by atoms with Gasteiger partial charge in [0, 0.05) is 37.4 Å². The average molecular weight is 529 g/mol. The molecule has 5 heterocycles. The third-order valence-electron chi connectivity index (χ3n) is 6.66. The maximum absolute atomic E-state index is 12.4. The van der Waals surface area contributed by atoms with Gasteiger partial charge in [-0.1, -0.05) is 25.2 Å². The lowest BCUT2D eigenvalue weighted by Gasteiger charge is -2.33. The molecule has 0 aromatic carbocycles. The first-order valence-electron chi connectivity index (χ1n) is 13.0. The van der Waals surface area contributed by atoms with Crippen LogP contribution in [0.2, 0.25) is 0 Å². The third kappa shape index (κ3) is 5.38. The SMILES string of the molecule is CCOc1nc(C(C)C)ccc1-c1cnc2sc(N3C[C@@H]4[C@@H](NC(=O)OC(C)(C)C)CCO[C@@H]4C3)nn12. The number of amides is 1. The number of nitrogens with one attached hydrogen (secondary N) is 1. The Morgan fingerprint density at radius 3 is 2.84 bits per heavy atom. The summed E-state index contributed by atoms with van der Waals surface area (Å²) in [6.45, 7) is 14.4. The summed E-state index contributed by atoms with van der Waals surface area (Å²) in [6.07, 6.45) is 2.24. The van der Waals surface area contributed by atoms with E-state index in [0.717, 1.165) is 46.6 Å². The predicted octanol–water partition coefficient (Wildman–Crippen LogP) is 4.49. The molecule has 2 saturated heterocycles. The van der Waals surface area contributed by atoms with Crippen molar-refractivity contribution in [2.24, 2.45) is 5.92 Å². The van der Waals surface area contributed by atoms with E-state index >= 15 is 0 Å². The fraction of sp³-hybridized carbons (Fsp3) is 0.615. The molecule has 3 atom stereocenters. The summed E-state index contributed by atoms with van der Waals surface area (Å²) in [7, 11) is 0. The molecule has 0 bridgehead atoms. The molecule has 3 aromatic rings. The maximum Gasteiger partial charge on any atom is 0.407 e. The molecule has 0 aliphatic carbocycles. The van der Waals surface area contributed by atoms with Crippen molar-refractivity contribution in [3.05, 3.63) is 24.0 Å². The van der Waals surface area contributed by atoms with Crippen LogP contribution in [0.15, 0.2) is 18.3 Å². The van der Waals surface area contributed by atoms with Gasteiger partial charge in [-0.05, 0) is 52.2 Å². The molecule has 10 nitrogen and oxygen atoms in total. The molecule has 0 unspecified atom stereocenters. The number of hydrogen-bond acceptors (Lipinski definition) is 9. The minimum absolute atomic E-state index is 0.00231.